The first-order valence-electron chi connectivity index (χ1n) is 7.59. The molecular formula is C15H26N3S2+. The van der Waals surface area contributed by atoms with Gasteiger partial charge in [0.15, 0.2) is 0 Å². The second kappa shape index (κ2) is 7.57. The molecule has 0 spiro atoms. The fourth-order valence-electron chi connectivity index (χ4n) is 2.53. The molecule has 3 nitrogen and oxygen atoms in total. The van der Waals surface area contributed by atoms with Gasteiger partial charge in [0.1, 0.15) is 17.3 Å². The molecule has 1 aliphatic rings. The van der Waals surface area contributed by atoms with E-state index in [0.29, 0.717) is 0 Å². The van der Waals surface area contributed by atoms with Crippen LogP contribution in [0.15, 0.2) is 11.1 Å². The van der Waals surface area contributed by atoms with Crippen molar-refractivity contribution in [3.05, 3.63) is 11.8 Å². The number of unbranched alkanes of at least 4 members (excludes halogenated alkanes) is 3. The number of aromatic nitrogens is 2. The van der Waals surface area contributed by atoms with E-state index in [9.17, 15) is 0 Å². The minimum absolute atomic E-state index is 1.06. The maximum Gasteiger partial charge on any atom is 0.138 e. The van der Waals surface area contributed by atoms with E-state index >= 15 is 0 Å². The first-order valence-corrected chi connectivity index (χ1v) is 9.31. The maximum atomic E-state index is 4.55. The van der Waals surface area contributed by atoms with E-state index in [-0.39, 0.29) is 0 Å². The normalized spacial score (nSPS) is 18.1. The lowest BCUT2D eigenvalue weighted by molar-refractivity contribution is -0.883. The highest BCUT2D eigenvalue weighted by atomic mass is 32.2. The average Bonchev–Trinajstić information content (AvgIpc) is 2.86. The van der Waals surface area contributed by atoms with Gasteiger partial charge in [-0.25, -0.2) is 0 Å². The molecule has 0 aromatic carbocycles. The zero-order chi connectivity index (χ0) is 14.4. The van der Waals surface area contributed by atoms with E-state index in [1.54, 1.807) is 0 Å². The summed E-state index contributed by atoms with van der Waals surface area (Å²) in [7, 11) is 4.59. The van der Waals surface area contributed by atoms with Crippen LogP contribution in [0, 0.1) is 0 Å². The highest BCUT2D eigenvalue weighted by Crippen LogP contribution is 2.30. The smallest absolute Gasteiger partial charge is 0.138 e. The van der Waals surface area contributed by atoms with Gasteiger partial charge in [-0.15, -0.1) is 11.8 Å². The largest absolute Gasteiger partial charge is 0.324 e. The minimum atomic E-state index is 1.06. The summed E-state index contributed by atoms with van der Waals surface area (Å²) in [6.07, 6.45) is 8.79. The number of hydrogen-bond acceptors (Lipinski definition) is 4. The van der Waals surface area contributed by atoms with Gasteiger partial charge in [-0.05, 0) is 12.2 Å². The Bertz CT molecular complexity index is 452. The number of nitrogens with zero attached hydrogens (tertiary/aromatic N) is 3. The summed E-state index contributed by atoms with van der Waals surface area (Å²) in [5.74, 6) is 1.17. The van der Waals surface area contributed by atoms with Crippen LogP contribution in [-0.4, -0.2) is 46.2 Å². The van der Waals surface area contributed by atoms with Crippen molar-refractivity contribution in [2.75, 3.05) is 32.9 Å². The molecular weight excluding hydrogens is 286 g/mol. The summed E-state index contributed by atoms with van der Waals surface area (Å²) in [6, 6.07) is 0. The van der Waals surface area contributed by atoms with Crippen molar-refractivity contribution >= 4 is 29.1 Å². The zero-order valence-electron chi connectivity index (χ0n) is 12.9. The Kier molecular flexibility index (Phi) is 6.05. The lowest BCUT2D eigenvalue weighted by Gasteiger charge is -2.33. The van der Waals surface area contributed by atoms with Gasteiger partial charge in [-0.1, -0.05) is 32.3 Å². The summed E-state index contributed by atoms with van der Waals surface area (Å²) >= 11 is 3.25. The molecule has 0 radical (unpaired) electrons. The first kappa shape index (κ1) is 16.0. The van der Waals surface area contributed by atoms with Gasteiger partial charge in [0, 0.05) is 12.0 Å². The van der Waals surface area contributed by atoms with Crippen molar-refractivity contribution in [3.63, 3.8) is 0 Å². The highest BCUT2D eigenvalue weighted by Gasteiger charge is 2.25. The molecule has 0 bridgehead atoms. The van der Waals surface area contributed by atoms with E-state index in [0.717, 1.165) is 28.2 Å². The number of quaternary nitrogens is 1. The highest BCUT2D eigenvalue weighted by molar-refractivity contribution is 7.99. The molecule has 2 rings (SSSR count). The zero-order valence-corrected chi connectivity index (χ0v) is 14.5. The Labute approximate surface area is 131 Å². The van der Waals surface area contributed by atoms with E-state index in [4.69, 9.17) is 0 Å². The molecule has 0 N–H and O–H groups in total. The van der Waals surface area contributed by atoms with E-state index in [1.807, 2.05) is 11.8 Å². The van der Waals surface area contributed by atoms with Gasteiger partial charge in [0.25, 0.3) is 0 Å². The molecule has 0 saturated carbocycles. The van der Waals surface area contributed by atoms with Crippen LogP contribution in [0.3, 0.4) is 0 Å². The SMILES string of the molecule is CCCCCCSc1nsnc1C1=CCC[N+](C)(C)C1. The summed E-state index contributed by atoms with van der Waals surface area (Å²) in [5.41, 5.74) is 2.55. The Morgan fingerprint density at radius 2 is 2.10 bits per heavy atom. The second-order valence-electron chi connectivity index (χ2n) is 6.16. The van der Waals surface area contributed by atoms with Gasteiger partial charge in [0.05, 0.1) is 32.4 Å². The molecule has 2 heterocycles. The number of rotatable bonds is 7. The van der Waals surface area contributed by atoms with Gasteiger partial charge in [-0.2, -0.15) is 8.75 Å². The lowest BCUT2D eigenvalue weighted by atomic mass is 10.1. The van der Waals surface area contributed by atoms with Gasteiger partial charge in [-0.3, -0.25) is 0 Å². The molecule has 0 aliphatic carbocycles. The van der Waals surface area contributed by atoms with Crippen LogP contribution >= 0.6 is 23.5 Å². The number of hydrogen-bond donors (Lipinski definition) is 0. The van der Waals surface area contributed by atoms with Crippen molar-refractivity contribution in [2.45, 2.75) is 44.1 Å². The van der Waals surface area contributed by atoms with Crippen LogP contribution in [-0.2, 0) is 0 Å². The molecule has 5 heteroatoms. The maximum absolute atomic E-state index is 4.55. The quantitative estimate of drug-likeness (QED) is 0.431. The summed E-state index contributed by atoms with van der Waals surface area (Å²) in [4.78, 5) is 0. The third-order valence-electron chi connectivity index (χ3n) is 3.72. The average molecular weight is 313 g/mol. The predicted octanol–water partition coefficient (Wildman–Crippen LogP) is 4.07. The topological polar surface area (TPSA) is 25.8 Å². The molecule has 112 valence electrons. The third kappa shape index (κ3) is 4.57. The van der Waals surface area contributed by atoms with Crippen LogP contribution in [0.4, 0.5) is 0 Å². The number of thioether (sulfide) groups is 1. The Balaban J connectivity index is 1.93. The third-order valence-corrected chi connectivity index (χ3v) is 5.42. The molecule has 1 aromatic rings. The van der Waals surface area contributed by atoms with Crippen LogP contribution < -0.4 is 0 Å². The van der Waals surface area contributed by atoms with Crippen LogP contribution in [0.1, 0.15) is 44.7 Å². The van der Waals surface area contributed by atoms with Gasteiger partial charge < -0.3 is 4.48 Å². The second-order valence-corrected chi connectivity index (χ2v) is 7.77. The number of likely N-dealkylation sites (N-methyl/N-ethyl adjacent to an activating group) is 1. The Hall–Kier alpha value is -0.390. The van der Waals surface area contributed by atoms with E-state index in [1.165, 1.54) is 55.3 Å². The van der Waals surface area contributed by atoms with E-state index in [2.05, 4.69) is 35.8 Å². The predicted molar refractivity (Wildman–Crippen MR) is 89.2 cm³/mol. The molecule has 0 amide bonds. The van der Waals surface area contributed by atoms with Crippen molar-refractivity contribution < 1.29 is 4.48 Å². The first-order chi connectivity index (χ1) is 9.62. The standard InChI is InChI=1S/C15H26N3S2/c1-4-5-6-7-11-19-15-14(16-20-17-15)13-9-8-10-18(2,3)12-13/h9H,4-8,10-12H2,1-3H3/q+1. The molecule has 1 aromatic heterocycles. The summed E-state index contributed by atoms with van der Waals surface area (Å²) in [6.45, 7) is 4.56. The summed E-state index contributed by atoms with van der Waals surface area (Å²) in [5, 5.41) is 1.15. The lowest BCUT2D eigenvalue weighted by Crippen LogP contribution is -2.43. The molecule has 0 fully saturated rings. The van der Waals surface area contributed by atoms with Crippen molar-refractivity contribution in [1.29, 1.82) is 0 Å². The molecule has 0 atom stereocenters. The van der Waals surface area contributed by atoms with Crippen molar-refractivity contribution in [1.82, 2.24) is 8.75 Å². The van der Waals surface area contributed by atoms with Crippen LogP contribution in [0.2, 0.25) is 0 Å². The van der Waals surface area contributed by atoms with Gasteiger partial charge >= 0.3 is 0 Å². The summed E-state index contributed by atoms with van der Waals surface area (Å²) < 4.78 is 10.1. The molecule has 0 saturated heterocycles. The van der Waals surface area contributed by atoms with E-state index < -0.39 is 0 Å². The molecule has 1 aliphatic heterocycles. The Morgan fingerprint density at radius 3 is 2.85 bits per heavy atom. The van der Waals surface area contributed by atoms with Crippen LogP contribution in [0.25, 0.3) is 5.57 Å². The molecule has 20 heavy (non-hydrogen) atoms. The Morgan fingerprint density at radius 1 is 1.25 bits per heavy atom. The fraction of sp³-hybridized carbons (Fsp3) is 0.733. The van der Waals surface area contributed by atoms with Crippen molar-refractivity contribution in [2.24, 2.45) is 0 Å². The minimum Gasteiger partial charge on any atom is -0.324 e. The monoisotopic (exact) mass is 312 g/mol. The fourth-order valence-corrected chi connectivity index (χ4v) is 4.24. The molecule has 0 unspecified atom stereocenters. The van der Waals surface area contributed by atoms with Crippen LogP contribution in [0.5, 0.6) is 0 Å². The van der Waals surface area contributed by atoms with Crippen molar-refractivity contribution in [3.8, 4) is 0 Å². The van der Waals surface area contributed by atoms with Gasteiger partial charge in [0.2, 0.25) is 0 Å².